The predicted octanol–water partition coefficient (Wildman–Crippen LogP) is 3.26. The van der Waals surface area contributed by atoms with Gasteiger partial charge in [0.25, 0.3) is 0 Å². The monoisotopic (exact) mass is 479 g/mol. The number of carbonyl (C=O) groups is 2. The van der Waals surface area contributed by atoms with Crippen LogP contribution in [0.5, 0.6) is 11.5 Å². The molecule has 0 N–H and O–H groups in total. The lowest BCUT2D eigenvalue weighted by molar-refractivity contribution is -0.135. The van der Waals surface area contributed by atoms with E-state index in [1.807, 2.05) is 17.0 Å². The summed E-state index contributed by atoms with van der Waals surface area (Å²) in [5.41, 5.74) is 1.17. The summed E-state index contributed by atoms with van der Waals surface area (Å²) < 4.78 is 15.8. The molecule has 0 radical (unpaired) electrons. The summed E-state index contributed by atoms with van der Waals surface area (Å²) in [7, 11) is 3.20. The van der Waals surface area contributed by atoms with Crippen LogP contribution in [0.4, 0.5) is 4.79 Å². The zero-order valence-corrected chi connectivity index (χ0v) is 20.5. The van der Waals surface area contributed by atoms with Crippen LogP contribution < -0.4 is 9.47 Å². The molecule has 1 unspecified atom stereocenters. The Hall–Kier alpha value is -2.19. The first-order chi connectivity index (χ1) is 15.9. The molecular formula is C24H34ClN3O5. The molecule has 2 heterocycles. The maximum Gasteiger partial charge on any atom is 0.409 e. The van der Waals surface area contributed by atoms with Crippen LogP contribution in [0.2, 0.25) is 5.02 Å². The van der Waals surface area contributed by atoms with Gasteiger partial charge >= 0.3 is 6.09 Å². The van der Waals surface area contributed by atoms with E-state index >= 15 is 0 Å². The Morgan fingerprint density at radius 1 is 1.03 bits per heavy atom. The molecule has 33 heavy (non-hydrogen) atoms. The number of piperazine rings is 1. The minimum atomic E-state index is -0.283. The number of piperidine rings is 1. The topological polar surface area (TPSA) is 71.6 Å². The van der Waals surface area contributed by atoms with E-state index < -0.39 is 0 Å². The van der Waals surface area contributed by atoms with Gasteiger partial charge in [0.15, 0.2) is 11.5 Å². The predicted molar refractivity (Wildman–Crippen MR) is 125 cm³/mol. The maximum absolute atomic E-state index is 13.1. The fourth-order valence-electron chi connectivity index (χ4n) is 5.24. The highest BCUT2D eigenvalue weighted by molar-refractivity contribution is 6.33. The summed E-state index contributed by atoms with van der Waals surface area (Å²) in [6, 6.07) is 3.89. The van der Waals surface area contributed by atoms with E-state index in [0.717, 1.165) is 44.5 Å². The number of halogens is 1. The number of nitrogens with zero attached hydrogens (tertiary/aromatic N) is 3. The Morgan fingerprint density at radius 3 is 2.30 bits per heavy atom. The van der Waals surface area contributed by atoms with Gasteiger partial charge in [-0.3, -0.25) is 9.69 Å². The lowest BCUT2D eigenvalue weighted by Crippen LogP contribution is -2.51. The third-order valence-electron chi connectivity index (χ3n) is 7.42. The van der Waals surface area contributed by atoms with Crippen molar-refractivity contribution in [3.8, 4) is 11.5 Å². The largest absolute Gasteiger partial charge is 0.493 e. The Morgan fingerprint density at radius 2 is 1.70 bits per heavy atom. The molecule has 1 spiro atoms. The average molecular weight is 480 g/mol. The van der Waals surface area contributed by atoms with Crippen LogP contribution >= 0.6 is 11.6 Å². The zero-order valence-electron chi connectivity index (χ0n) is 19.8. The van der Waals surface area contributed by atoms with E-state index in [-0.39, 0.29) is 23.3 Å². The molecule has 3 aliphatic rings. The van der Waals surface area contributed by atoms with Gasteiger partial charge in [0, 0.05) is 38.6 Å². The highest BCUT2D eigenvalue weighted by Crippen LogP contribution is 2.60. The maximum atomic E-state index is 13.1. The van der Waals surface area contributed by atoms with Gasteiger partial charge in [-0.05, 0) is 56.3 Å². The first kappa shape index (κ1) is 24.0. The molecule has 2 saturated heterocycles. The molecule has 3 fully saturated rings. The number of likely N-dealkylation sites (tertiary alicyclic amines) is 1. The number of carbonyl (C=O) groups excluding carboxylic acids is 2. The highest BCUT2D eigenvalue weighted by Gasteiger charge is 2.59. The number of hydrogen-bond donors (Lipinski definition) is 0. The van der Waals surface area contributed by atoms with E-state index in [9.17, 15) is 9.59 Å². The second-order valence-corrected chi connectivity index (χ2v) is 9.56. The molecule has 2 amide bonds. The summed E-state index contributed by atoms with van der Waals surface area (Å²) >= 11 is 6.56. The second kappa shape index (κ2) is 9.97. The summed E-state index contributed by atoms with van der Waals surface area (Å²) in [5, 5.41) is 0.596. The molecule has 1 atom stereocenters. The first-order valence-corrected chi connectivity index (χ1v) is 12.1. The number of rotatable bonds is 6. The molecule has 1 aliphatic carbocycles. The third kappa shape index (κ3) is 4.87. The van der Waals surface area contributed by atoms with Gasteiger partial charge < -0.3 is 24.0 Å². The Labute approximate surface area is 200 Å². The van der Waals surface area contributed by atoms with Crippen molar-refractivity contribution in [2.24, 2.45) is 11.3 Å². The van der Waals surface area contributed by atoms with E-state index in [1.165, 1.54) is 0 Å². The summed E-state index contributed by atoms with van der Waals surface area (Å²) in [5.74, 6) is 1.58. The van der Waals surface area contributed by atoms with Crippen molar-refractivity contribution in [1.82, 2.24) is 14.7 Å². The zero-order chi connectivity index (χ0) is 23.6. The molecule has 0 aromatic heterocycles. The minimum absolute atomic E-state index is 0.124. The molecule has 9 heteroatoms. The number of methoxy groups -OCH3 is 2. The molecule has 182 valence electrons. The van der Waals surface area contributed by atoms with E-state index in [4.69, 9.17) is 25.8 Å². The van der Waals surface area contributed by atoms with Crippen molar-refractivity contribution in [2.75, 3.05) is 60.1 Å². The summed E-state index contributed by atoms with van der Waals surface area (Å²) in [6.07, 6.45) is 2.75. The van der Waals surface area contributed by atoms with Crippen LogP contribution in [-0.2, 0) is 16.1 Å². The summed E-state index contributed by atoms with van der Waals surface area (Å²) in [6.45, 7) is 7.10. The van der Waals surface area contributed by atoms with Crippen LogP contribution in [0.3, 0.4) is 0 Å². The van der Waals surface area contributed by atoms with Crippen LogP contribution in [0.15, 0.2) is 12.1 Å². The van der Waals surface area contributed by atoms with Crippen molar-refractivity contribution in [3.05, 3.63) is 22.7 Å². The van der Waals surface area contributed by atoms with Crippen molar-refractivity contribution >= 4 is 23.6 Å². The number of amides is 2. The van der Waals surface area contributed by atoms with Gasteiger partial charge in [-0.25, -0.2) is 4.79 Å². The third-order valence-corrected chi connectivity index (χ3v) is 7.83. The molecule has 4 rings (SSSR count). The number of ether oxygens (including phenoxy) is 3. The van der Waals surface area contributed by atoms with E-state index in [2.05, 4.69) is 4.90 Å². The van der Waals surface area contributed by atoms with Crippen molar-refractivity contribution in [2.45, 2.75) is 32.7 Å². The average Bonchev–Trinajstić information content (AvgIpc) is 3.54. The van der Waals surface area contributed by atoms with Crippen LogP contribution in [0.1, 0.15) is 31.7 Å². The van der Waals surface area contributed by atoms with Crippen LogP contribution in [0.25, 0.3) is 0 Å². The normalized spacial score (nSPS) is 22.2. The van der Waals surface area contributed by atoms with Gasteiger partial charge in [0.1, 0.15) is 0 Å². The molecule has 0 bridgehead atoms. The number of benzene rings is 1. The van der Waals surface area contributed by atoms with Gasteiger partial charge in [0.2, 0.25) is 5.91 Å². The lowest BCUT2D eigenvalue weighted by atomic mass is 9.90. The van der Waals surface area contributed by atoms with Gasteiger partial charge in [-0.15, -0.1) is 0 Å². The van der Waals surface area contributed by atoms with Crippen LogP contribution in [0, 0.1) is 11.3 Å². The molecule has 2 aliphatic heterocycles. The number of hydrogen-bond acceptors (Lipinski definition) is 6. The van der Waals surface area contributed by atoms with Crippen molar-refractivity contribution in [1.29, 1.82) is 0 Å². The van der Waals surface area contributed by atoms with Crippen molar-refractivity contribution in [3.63, 3.8) is 0 Å². The Bertz CT molecular complexity index is 879. The molecular weight excluding hydrogens is 446 g/mol. The van der Waals surface area contributed by atoms with Crippen molar-refractivity contribution < 1.29 is 23.8 Å². The minimum Gasteiger partial charge on any atom is -0.493 e. The highest BCUT2D eigenvalue weighted by atomic mass is 35.5. The van der Waals surface area contributed by atoms with Gasteiger partial charge in [0.05, 0.1) is 25.8 Å². The SMILES string of the molecule is CCOC(=O)N1CCN(C(=O)C2CC23CCN(Cc2ccc(OC)c(OC)c2Cl)CC3)CC1. The second-order valence-electron chi connectivity index (χ2n) is 9.18. The smallest absolute Gasteiger partial charge is 0.409 e. The van der Waals surface area contributed by atoms with E-state index in [1.54, 1.807) is 26.0 Å². The van der Waals surface area contributed by atoms with Gasteiger partial charge in [-0.2, -0.15) is 0 Å². The quantitative estimate of drug-likeness (QED) is 0.623. The van der Waals surface area contributed by atoms with Gasteiger partial charge in [-0.1, -0.05) is 17.7 Å². The van der Waals surface area contributed by atoms with E-state index in [0.29, 0.717) is 49.3 Å². The molecule has 1 aromatic carbocycles. The summed E-state index contributed by atoms with van der Waals surface area (Å²) in [4.78, 5) is 31.0. The Kier molecular flexibility index (Phi) is 7.24. The Balaban J connectivity index is 1.27. The first-order valence-electron chi connectivity index (χ1n) is 11.7. The lowest BCUT2D eigenvalue weighted by Gasteiger charge is -2.36. The molecule has 8 nitrogen and oxygen atoms in total. The standard InChI is InChI=1S/C24H34ClN3O5/c1-4-33-23(30)28-13-11-27(12-14-28)22(29)18-15-24(18)7-9-26(10-8-24)16-17-5-6-19(31-2)21(32-3)20(17)25/h5-6,18H,4,7-16H2,1-3H3. The molecule has 1 saturated carbocycles. The fourth-order valence-corrected chi connectivity index (χ4v) is 5.54. The van der Waals surface area contributed by atoms with Crippen LogP contribution in [-0.4, -0.2) is 86.8 Å². The molecule has 1 aromatic rings. The fraction of sp³-hybridized carbons (Fsp3) is 0.667.